The SMILES string of the molecule is O=c1[nH]ccc2c1ccn2Cc1ccccc1. The topological polar surface area (TPSA) is 37.8 Å². The third-order valence-electron chi connectivity index (χ3n) is 2.90. The first-order valence-electron chi connectivity index (χ1n) is 5.55. The van der Waals surface area contributed by atoms with Crippen molar-refractivity contribution >= 4 is 10.9 Å². The highest BCUT2D eigenvalue weighted by atomic mass is 16.1. The zero-order chi connectivity index (χ0) is 11.7. The molecule has 0 amide bonds. The molecule has 0 saturated heterocycles. The first-order chi connectivity index (χ1) is 8.34. The van der Waals surface area contributed by atoms with E-state index in [0.717, 1.165) is 17.4 Å². The Balaban J connectivity index is 2.08. The lowest BCUT2D eigenvalue weighted by molar-refractivity contribution is 0.836. The van der Waals surface area contributed by atoms with Crippen LogP contribution >= 0.6 is 0 Å². The number of fused-ring (bicyclic) bond motifs is 1. The number of benzene rings is 1. The van der Waals surface area contributed by atoms with Crippen molar-refractivity contribution in [1.29, 1.82) is 0 Å². The van der Waals surface area contributed by atoms with Gasteiger partial charge in [-0.25, -0.2) is 0 Å². The smallest absolute Gasteiger partial charge is 0.257 e. The molecule has 0 radical (unpaired) electrons. The number of aromatic nitrogens is 2. The molecule has 1 N–H and O–H groups in total. The average Bonchev–Trinajstić information content (AvgIpc) is 2.76. The Morgan fingerprint density at radius 3 is 2.71 bits per heavy atom. The van der Waals surface area contributed by atoms with Crippen LogP contribution in [0, 0.1) is 0 Å². The molecule has 0 bridgehead atoms. The summed E-state index contributed by atoms with van der Waals surface area (Å²) < 4.78 is 2.08. The lowest BCUT2D eigenvalue weighted by Crippen LogP contribution is -2.05. The normalized spacial score (nSPS) is 10.8. The Labute approximate surface area is 98.3 Å². The van der Waals surface area contributed by atoms with Gasteiger partial charge in [0.1, 0.15) is 0 Å². The highest BCUT2D eigenvalue weighted by Gasteiger charge is 2.03. The van der Waals surface area contributed by atoms with Crippen LogP contribution in [0.3, 0.4) is 0 Å². The Bertz CT molecular complexity index is 695. The molecule has 3 heteroatoms. The van der Waals surface area contributed by atoms with Crippen LogP contribution < -0.4 is 5.56 Å². The summed E-state index contributed by atoms with van der Waals surface area (Å²) in [4.78, 5) is 14.3. The number of hydrogen-bond donors (Lipinski definition) is 1. The summed E-state index contributed by atoms with van der Waals surface area (Å²) in [6, 6.07) is 14.0. The minimum atomic E-state index is -0.0330. The van der Waals surface area contributed by atoms with Gasteiger partial charge >= 0.3 is 0 Å². The maximum Gasteiger partial charge on any atom is 0.257 e. The average molecular weight is 224 g/mol. The fourth-order valence-corrected chi connectivity index (χ4v) is 2.05. The summed E-state index contributed by atoms with van der Waals surface area (Å²) in [6.45, 7) is 0.786. The van der Waals surface area contributed by atoms with E-state index in [0.29, 0.717) is 0 Å². The first-order valence-corrected chi connectivity index (χ1v) is 5.55. The minimum Gasteiger partial charge on any atom is -0.343 e. The molecule has 3 rings (SSSR count). The van der Waals surface area contributed by atoms with Gasteiger partial charge in [0, 0.05) is 18.9 Å². The molecule has 0 aliphatic carbocycles. The third kappa shape index (κ3) is 1.76. The Morgan fingerprint density at radius 1 is 1.06 bits per heavy atom. The van der Waals surface area contributed by atoms with E-state index in [1.807, 2.05) is 36.5 Å². The molecule has 3 aromatic rings. The van der Waals surface area contributed by atoms with Gasteiger partial charge < -0.3 is 9.55 Å². The van der Waals surface area contributed by atoms with Crippen molar-refractivity contribution in [2.24, 2.45) is 0 Å². The molecule has 84 valence electrons. The van der Waals surface area contributed by atoms with Crippen LogP contribution in [0.2, 0.25) is 0 Å². The number of pyridine rings is 1. The predicted molar refractivity (Wildman–Crippen MR) is 68.1 cm³/mol. The summed E-state index contributed by atoms with van der Waals surface area (Å²) in [6.07, 6.45) is 3.64. The van der Waals surface area contributed by atoms with E-state index in [1.54, 1.807) is 6.20 Å². The van der Waals surface area contributed by atoms with E-state index in [2.05, 4.69) is 21.7 Å². The van der Waals surface area contributed by atoms with Crippen molar-refractivity contribution in [3.05, 3.63) is 70.8 Å². The first kappa shape index (κ1) is 9.90. The van der Waals surface area contributed by atoms with Gasteiger partial charge in [0.05, 0.1) is 10.9 Å². The largest absolute Gasteiger partial charge is 0.343 e. The Kier molecular flexibility index (Phi) is 2.29. The number of nitrogens with one attached hydrogen (secondary N) is 1. The predicted octanol–water partition coefficient (Wildman–Crippen LogP) is 2.38. The molecule has 3 nitrogen and oxygen atoms in total. The maximum absolute atomic E-state index is 11.6. The molecule has 1 aromatic carbocycles. The maximum atomic E-state index is 11.6. The highest BCUT2D eigenvalue weighted by Crippen LogP contribution is 2.12. The third-order valence-corrected chi connectivity index (χ3v) is 2.90. The summed E-state index contributed by atoms with van der Waals surface area (Å²) >= 11 is 0. The number of hydrogen-bond acceptors (Lipinski definition) is 1. The number of aromatic amines is 1. The molecular weight excluding hydrogens is 212 g/mol. The molecule has 17 heavy (non-hydrogen) atoms. The van der Waals surface area contributed by atoms with Crippen molar-refractivity contribution in [1.82, 2.24) is 9.55 Å². The molecule has 0 saturated carbocycles. The minimum absolute atomic E-state index is 0.0330. The number of rotatable bonds is 2. The molecule has 0 spiro atoms. The highest BCUT2D eigenvalue weighted by molar-refractivity contribution is 5.78. The molecule has 0 atom stereocenters. The Morgan fingerprint density at radius 2 is 1.88 bits per heavy atom. The van der Waals surface area contributed by atoms with Crippen LogP contribution in [0.4, 0.5) is 0 Å². The van der Waals surface area contributed by atoms with Crippen molar-refractivity contribution < 1.29 is 0 Å². The summed E-state index contributed by atoms with van der Waals surface area (Å²) in [7, 11) is 0. The second-order valence-electron chi connectivity index (χ2n) is 4.03. The molecule has 0 aliphatic heterocycles. The van der Waals surface area contributed by atoms with E-state index in [-0.39, 0.29) is 5.56 Å². The Hall–Kier alpha value is -2.29. The van der Waals surface area contributed by atoms with E-state index < -0.39 is 0 Å². The van der Waals surface area contributed by atoms with E-state index >= 15 is 0 Å². The second-order valence-corrected chi connectivity index (χ2v) is 4.03. The van der Waals surface area contributed by atoms with Gasteiger partial charge in [-0.2, -0.15) is 0 Å². The van der Waals surface area contributed by atoms with Crippen LogP contribution in [0.5, 0.6) is 0 Å². The molecule has 0 aliphatic rings. The van der Waals surface area contributed by atoms with Gasteiger partial charge in [0.2, 0.25) is 0 Å². The monoisotopic (exact) mass is 224 g/mol. The van der Waals surface area contributed by atoms with Gasteiger partial charge in [-0.05, 0) is 17.7 Å². The van der Waals surface area contributed by atoms with Crippen molar-refractivity contribution in [2.75, 3.05) is 0 Å². The van der Waals surface area contributed by atoms with Crippen LogP contribution in [0.25, 0.3) is 10.9 Å². The van der Waals surface area contributed by atoms with E-state index in [4.69, 9.17) is 0 Å². The summed E-state index contributed by atoms with van der Waals surface area (Å²) in [5, 5.41) is 0.739. The lowest BCUT2D eigenvalue weighted by Gasteiger charge is -2.04. The molecule has 2 aromatic heterocycles. The number of nitrogens with zero attached hydrogens (tertiary/aromatic N) is 1. The van der Waals surface area contributed by atoms with Crippen LogP contribution in [-0.2, 0) is 6.54 Å². The lowest BCUT2D eigenvalue weighted by atomic mass is 10.2. The van der Waals surface area contributed by atoms with Crippen LogP contribution in [-0.4, -0.2) is 9.55 Å². The molecule has 0 fully saturated rings. The van der Waals surface area contributed by atoms with Gasteiger partial charge in [-0.1, -0.05) is 30.3 Å². The van der Waals surface area contributed by atoms with Crippen LogP contribution in [0.15, 0.2) is 59.7 Å². The van der Waals surface area contributed by atoms with E-state index in [9.17, 15) is 4.79 Å². The molecular formula is C14H12N2O. The quantitative estimate of drug-likeness (QED) is 0.713. The molecule has 2 heterocycles. The molecule has 0 unspecified atom stereocenters. The zero-order valence-electron chi connectivity index (χ0n) is 9.26. The van der Waals surface area contributed by atoms with Gasteiger partial charge in [0.25, 0.3) is 5.56 Å². The zero-order valence-corrected chi connectivity index (χ0v) is 9.26. The van der Waals surface area contributed by atoms with Gasteiger partial charge in [-0.15, -0.1) is 0 Å². The van der Waals surface area contributed by atoms with Crippen molar-refractivity contribution in [2.45, 2.75) is 6.54 Å². The second kappa shape index (κ2) is 3.94. The van der Waals surface area contributed by atoms with Crippen molar-refractivity contribution in [3.63, 3.8) is 0 Å². The van der Waals surface area contributed by atoms with Crippen LogP contribution in [0.1, 0.15) is 5.56 Å². The van der Waals surface area contributed by atoms with E-state index in [1.165, 1.54) is 5.56 Å². The van der Waals surface area contributed by atoms with Crippen molar-refractivity contribution in [3.8, 4) is 0 Å². The fraction of sp³-hybridized carbons (Fsp3) is 0.0714. The summed E-state index contributed by atoms with van der Waals surface area (Å²) in [5.41, 5.74) is 2.16. The van der Waals surface area contributed by atoms with Gasteiger partial charge in [-0.3, -0.25) is 4.79 Å². The fourth-order valence-electron chi connectivity index (χ4n) is 2.05. The summed E-state index contributed by atoms with van der Waals surface area (Å²) in [5.74, 6) is 0. The standard InChI is InChI=1S/C14H12N2O/c17-14-12-7-9-16(13(12)6-8-15-14)10-11-4-2-1-3-5-11/h1-9H,10H2,(H,15,17). The number of H-pyrrole nitrogens is 1. The van der Waals surface area contributed by atoms with Gasteiger partial charge in [0.15, 0.2) is 0 Å².